The molecule has 0 aromatic heterocycles. The number of hydrogen-bond acceptors (Lipinski definition) is 7. The number of carbonyl (C=O) groups excluding carboxylic acids is 3. The number of aliphatic hydroxyl groups excluding tert-OH is 1. The summed E-state index contributed by atoms with van der Waals surface area (Å²) in [6.07, 6.45) is 3.90. The number of rotatable bonds is 7. The number of Topliss-reactive ketones (excluding diaryl/α,β-unsaturated/α-hetero) is 2. The Hall–Kier alpha value is -1.32. The van der Waals surface area contributed by atoms with Crippen molar-refractivity contribution in [2.45, 2.75) is 97.7 Å². The quantitative estimate of drug-likeness (QED) is 0.379. The molecule has 10 atom stereocenters. The summed E-state index contributed by atoms with van der Waals surface area (Å²) < 4.78 is 36.1. The molecule has 4 saturated carbocycles. The normalized spacial score (nSPS) is 42.2. The van der Waals surface area contributed by atoms with Crippen molar-refractivity contribution in [2.24, 2.45) is 46.3 Å². The molecule has 0 aromatic rings. The third-order valence-corrected chi connectivity index (χ3v) is 11.6. The van der Waals surface area contributed by atoms with Gasteiger partial charge in [-0.3, -0.25) is 18.9 Å². The molecule has 0 heterocycles. The van der Waals surface area contributed by atoms with Gasteiger partial charge in [-0.25, -0.2) is 0 Å². The number of aliphatic hydroxyl groups is 1. The van der Waals surface area contributed by atoms with Crippen LogP contribution < -0.4 is 0 Å². The molecule has 2 N–H and O–H groups in total. The second-order valence-corrected chi connectivity index (χ2v) is 14.2. The molecular weight excluding hydrogens is 484 g/mol. The third kappa shape index (κ3) is 4.92. The zero-order chi connectivity index (χ0) is 26.6. The monoisotopic (exact) mass is 526 g/mol. The molecule has 9 heteroatoms. The van der Waals surface area contributed by atoms with Gasteiger partial charge in [0, 0.05) is 37.0 Å². The second-order valence-electron chi connectivity index (χ2n) is 12.7. The standard InChI is InChI=1S/C27H42O8S/c1-15(5-8-24(31)35-16(2)14-36(32,33)34)19-6-7-20-25-21(13-23(30)27(19,20)4)26(3)10-9-18(28)11-17(26)12-22(25)29/h15-17,19-21,23,25,30H,5-14H2,1-4H3,(H,32,33,34)/t15?,16?,17-,19-,20+,21+,23?,25-,26-,27+/m0/s1. The van der Waals surface area contributed by atoms with E-state index in [9.17, 15) is 27.9 Å². The molecule has 36 heavy (non-hydrogen) atoms. The number of ketones is 2. The Morgan fingerprint density at radius 3 is 2.50 bits per heavy atom. The van der Waals surface area contributed by atoms with Crippen LogP contribution in [0.15, 0.2) is 0 Å². The van der Waals surface area contributed by atoms with E-state index in [2.05, 4.69) is 20.8 Å². The topological polar surface area (TPSA) is 135 Å². The van der Waals surface area contributed by atoms with Crippen molar-refractivity contribution in [1.29, 1.82) is 0 Å². The predicted molar refractivity (Wildman–Crippen MR) is 132 cm³/mol. The van der Waals surface area contributed by atoms with Crippen molar-refractivity contribution >= 4 is 27.7 Å². The number of esters is 1. The minimum atomic E-state index is -4.22. The number of hydrogen-bond donors (Lipinski definition) is 2. The van der Waals surface area contributed by atoms with E-state index in [0.29, 0.717) is 32.1 Å². The van der Waals surface area contributed by atoms with Gasteiger partial charge in [-0.1, -0.05) is 20.8 Å². The first-order valence-electron chi connectivity index (χ1n) is 13.5. The zero-order valence-electron chi connectivity index (χ0n) is 21.9. The van der Waals surface area contributed by atoms with Gasteiger partial charge in [-0.2, -0.15) is 8.42 Å². The van der Waals surface area contributed by atoms with Gasteiger partial charge in [-0.15, -0.1) is 0 Å². The molecule has 0 saturated heterocycles. The summed E-state index contributed by atoms with van der Waals surface area (Å²) in [5, 5.41) is 11.6. The Morgan fingerprint density at radius 2 is 1.83 bits per heavy atom. The molecule has 0 spiro atoms. The smallest absolute Gasteiger partial charge is 0.306 e. The fourth-order valence-electron chi connectivity index (χ4n) is 8.82. The van der Waals surface area contributed by atoms with Crippen LogP contribution in [0.5, 0.6) is 0 Å². The van der Waals surface area contributed by atoms with E-state index in [0.717, 1.165) is 19.3 Å². The minimum Gasteiger partial charge on any atom is -0.461 e. The molecule has 0 aliphatic heterocycles. The highest BCUT2D eigenvalue weighted by molar-refractivity contribution is 7.85. The first-order valence-corrected chi connectivity index (χ1v) is 15.1. The highest BCUT2D eigenvalue weighted by atomic mass is 32.2. The second kappa shape index (κ2) is 9.77. The van der Waals surface area contributed by atoms with Crippen molar-refractivity contribution in [3.63, 3.8) is 0 Å². The maximum Gasteiger partial charge on any atom is 0.306 e. The van der Waals surface area contributed by atoms with Crippen LogP contribution in [0.25, 0.3) is 0 Å². The van der Waals surface area contributed by atoms with E-state index in [1.54, 1.807) is 0 Å². The lowest BCUT2D eigenvalue weighted by molar-refractivity contribution is -0.178. The van der Waals surface area contributed by atoms with E-state index in [4.69, 9.17) is 9.29 Å². The molecular formula is C27H42O8S. The predicted octanol–water partition coefficient (Wildman–Crippen LogP) is 3.60. The molecule has 4 fully saturated rings. The molecule has 4 aliphatic rings. The van der Waals surface area contributed by atoms with Crippen LogP contribution in [0.4, 0.5) is 0 Å². The summed E-state index contributed by atoms with van der Waals surface area (Å²) in [4.78, 5) is 37.9. The average Bonchev–Trinajstić information content (AvgIpc) is 3.11. The lowest BCUT2D eigenvalue weighted by Crippen LogP contribution is -2.61. The molecule has 8 nitrogen and oxygen atoms in total. The SMILES string of the molecule is CC(CS(=O)(=O)O)OC(=O)CCC(C)[C@@H]1CC[C@@H]2[C@@H]3C(=O)C[C@@H]4CC(=O)CC[C@]4(C)[C@@H]3CC(O)[C@@]21C. The van der Waals surface area contributed by atoms with E-state index < -0.39 is 39.5 Å². The number of fused-ring (bicyclic) bond motifs is 5. The lowest BCUT2D eigenvalue weighted by atomic mass is 9.43. The van der Waals surface area contributed by atoms with Crippen LogP contribution in [0, 0.1) is 46.3 Å². The van der Waals surface area contributed by atoms with Gasteiger partial charge in [0.25, 0.3) is 10.1 Å². The van der Waals surface area contributed by atoms with Crippen molar-refractivity contribution in [3.8, 4) is 0 Å². The van der Waals surface area contributed by atoms with Gasteiger partial charge in [-0.05, 0) is 74.0 Å². The van der Waals surface area contributed by atoms with Crippen molar-refractivity contribution < 1.29 is 37.2 Å². The van der Waals surface area contributed by atoms with Crippen LogP contribution in [0.3, 0.4) is 0 Å². The molecule has 0 bridgehead atoms. The summed E-state index contributed by atoms with van der Waals surface area (Å²) in [7, 11) is -4.22. The van der Waals surface area contributed by atoms with Crippen molar-refractivity contribution in [3.05, 3.63) is 0 Å². The molecule has 0 aromatic carbocycles. The van der Waals surface area contributed by atoms with Gasteiger partial charge in [0.15, 0.2) is 0 Å². The van der Waals surface area contributed by atoms with E-state index in [1.165, 1.54) is 6.92 Å². The van der Waals surface area contributed by atoms with Gasteiger partial charge in [0.05, 0.1) is 6.10 Å². The fraction of sp³-hybridized carbons (Fsp3) is 0.889. The van der Waals surface area contributed by atoms with Gasteiger partial charge in [0.1, 0.15) is 23.4 Å². The van der Waals surface area contributed by atoms with E-state index in [1.807, 2.05) is 0 Å². The highest BCUT2D eigenvalue weighted by Gasteiger charge is 2.65. The molecule has 4 rings (SSSR count). The maximum absolute atomic E-state index is 13.5. The molecule has 4 aliphatic carbocycles. The average molecular weight is 527 g/mol. The first kappa shape index (κ1) is 27.7. The van der Waals surface area contributed by atoms with Crippen molar-refractivity contribution in [2.75, 3.05) is 5.75 Å². The maximum atomic E-state index is 13.5. The van der Waals surface area contributed by atoms with Crippen LogP contribution in [0.2, 0.25) is 0 Å². The summed E-state index contributed by atoms with van der Waals surface area (Å²) in [6.45, 7) is 7.89. The van der Waals surface area contributed by atoms with E-state index in [-0.39, 0.29) is 58.9 Å². The van der Waals surface area contributed by atoms with Gasteiger partial charge < -0.3 is 9.84 Å². The van der Waals surface area contributed by atoms with E-state index >= 15 is 0 Å². The Bertz CT molecular complexity index is 1010. The van der Waals surface area contributed by atoms with Crippen LogP contribution >= 0.6 is 0 Å². The molecule has 3 unspecified atom stereocenters. The highest BCUT2D eigenvalue weighted by Crippen LogP contribution is 2.67. The van der Waals surface area contributed by atoms with Gasteiger partial charge in [0.2, 0.25) is 0 Å². The third-order valence-electron chi connectivity index (χ3n) is 10.7. The summed E-state index contributed by atoms with van der Waals surface area (Å²) in [5.41, 5.74) is -0.493. The Morgan fingerprint density at radius 1 is 1.14 bits per heavy atom. The molecule has 204 valence electrons. The van der Waals surface area contributed by atoms with Crippen molar-refractivity contribution in [1.82, 2.24) is 0 Å². The zero-order valence-corrected chi connectivity index (χ0v) is 22.8. The minimum absolute atomic E-state index is 0.0729. The summed E-state index contributed by atoms with van der Waals surface area (Å²) >= 11 is 0. The van der Waals surface area contributed by atoms with Crippen LogP contribution in [0.1, 0.15) is 85.5 Å². The Kier molecular flexibility index (Phi) is 7.52. The number of ether oxygens (including phenoxy) is 1. The fourth-order valence-corrected chi connectivity index (χ4v) is 9.48. The summed E-state index contributed by atoms with van der Waals surface area (Å²) in [5.74, 6) is -0.108. The Labute approximate surface area is 214 Å². The largest absolute Gasteiger partial charge is 0.461 e. The van der Waals surface area contributed by atoms with Gasteiger partial charge >= 0.3 is 5.97 Å². The first-order chi connectivity index (χ1) is 16.7. The van der Waals surface area contributed by atoms with Crippen LogP contribution in [-0.4, -0.2) is 53.6 Å². The van der Waals surface area contributed by atoms with Crippen LogP contribution in [-0.2, 0) is 29.2 Å². The lowest BCUT2D eigenvalue weighted by Gasteiger charge is -2.61. The molecule has 0 amide bonds. The Balaban J connectivity index is 1.45. The summed E-state index contributed by atoms with van der Waals surface area (Å²) in [6, 6.07) is 0. The number of carbonyl (C=O) groups is 3. The molecule has 0 radical (unpaired) electrons.